The fourth-order valence-corrected chi connectivity index (χ4v) is 1.18. The first-order valence-electron chi connectivity index (χ1n) is 5.54. The maximum Gasteiger partial charge on any atom is 0.244 e. The molecule has 0 bridgehead atoms. The quantitative estimate of drug-likeness (QED) is 0.650. The second-order valence-corrected chi connectivity index (χ2v) is 3.89. The Labute approximate surface area is 101 Å². The number of nitrogens with one attached hydrogen (secondary N) is 1. The number of nitrogens with two attached hydrogens (primary N) is 1. The van der Waals surface area contributed by atoms with Gasteiger partial charge in [0, 0.05) is 18.7 Å². The SMILES string of the molecule is CC(O)C(N)CNC(=O)C=Cc1ccccc1. The van der Waals surface area contributed by atoms with Gasteiger partial charge in [-0.2, -0.15) is 0 Å². The number of rotatable bonds is 5. The second-order valence-electron chi connectivity index (χ2n) is 3.89. The molecule has 0 saturated carbocycles. The highest BCUT2D eigenvalue weighted by molar-refractivity contribution is 5.91. The maximum atomic E-state index is 11.4. The van der Waals surface area contributed by atoms with Crippen molar-refractivity contribution < 1.29 is 9.90 Å². The van der Waals surface area contributed by atoms with Gasteiger partial charge >= 0.3 is 0 Å². The van der Waals surface area contributed by atoms with Gasteiger partial charge in [-0.05, 0) is 18.6 Å². The lowest BCUT2D eigenvalue weighted by molar-refractivity contribution is -0.116. The van der Waals surface area contributed by atoms with Gasteiger partial charge in [-0.15, -0.1) is 0 Å². The summed E-state index contributed by atoms with van der Waals surface area (Å²) < 4.78 is 0. The standard InChI is InChI=1S/C13H18N2O2/c1-10(16)12(14)9-15-13(17)8-7-11-5-3-2-4-6-11/h2-8,10,12,16H,9,14H2,1H3,(H,15,17). The number of benzene rings is 1. The summed E-state index contributed by atoms with van der Waals surface area (Å²) in [6.07, 6.45) is 2.54. The van der Waals surface area contributed by atoms with Crippen molar-refractivity contribution in [2.24, 2.45) is 5.73 Å². The van der Waals surface area contributed by atoms with Gasteiger partial charge in [-0.3, -0.25) is 4.79 Å². The molecule has 1 rings (SSSR count). The fourth-order valence-electron chi connectivity index (χ4n) is 1.18. The highest BCUT2D eigenvalue weighted by atomic mass is 16.3. The Kier molecular flexibility index (Phi) is 5.39. The first kappa shape index (κ1) is 13.4. The minimum atomic E-state index is -0.631. The predicted octanol–water partition coefficient (Wildman–Crippen LogP) is 0.524. The van der Waals surface area contributed by atoms with Gasteiger partial charge in [0.1, 0.15) is 0 Å². The Hall–Kier alpha value is -1.65. The van der Waals surface area contributed by atoms with Crippen molar-refractivity contribution in [1.29, 1.82) is 0 Å². The van der Waals surface area contributed by atoms with Crippen LogP contribution in [0.5, 0.6) is 0 Å². The molecule has 0 fully saturated rings. The van der Waals surface area contributed by atoms with E-state index in [4.69, 9.17) is 10.8 Å². The van der Waals surface area contributed by atoms with Crippen molar-refractivity contribution in [2.75, 3.05) is 6.54 Å². The summed E-state index contributed by atoms with van der Waals surface area (Å²) in [6, 6.07) is 9.10. The van der Waals surface area contributed by atoms with Gasteiger partial charge < -0.3 is 16.2 Å². The smallest absolute Gasteiger partial charge is 0.244 e. The molecule has 4 N–H and O–H groups in total. The van der Waals surface area contributed by atoms with Crippen molar-refractivity contribution in [1.82, 2.24) is 5.32 Å². The van der Waals surface area contributed by atoms with E-state index < -0.39 is 12.1 Å². The summed E-state index contributed by atoms with van der Waals surface area (Å²) in [4.78, 5) is 11.4. The third-order valence-corrected chi connectivity index (χ3v) is 2.36. The molecule has 0 aliphatic heterocycles. The van der Waals surface area contributed by atoms with Crippen LogP contribution in [0.4, 0.5) is 0 Å². The van der Waals surface area contributed by atoms with Crippen LogP contribution in [-0.2, 0) is 4.79 Å². The Balaban J connectivity index is 2.37. The molecule has 0 spiro atoms. The van der Waals surface area contributed by atoms with E-state index in [-0.39, 0.29) is 12.5 Å². The van der Waals surface area contributed by atoms with Crippen LogP contribution in [0, 0.1) is 0 Å². The third-order valence-electron chi connectivity index (χ3n) is 2.36. The zero-order chi connectivity index (χ0) is 12.7. The third kappa shape index (κ3) is 5.29. The van der Waals surface area contributed by atoms with Gasteiger partial charge in [0.15, 0.2) is 0 Å². The van der Waals surface area contributed by atoms with Gasteiger partial charge in [0.25, 0.3) is 0 Å². The molecular formula is C13H18N2O2. The van der Waals surface area contributed by atoms with E-state index in [0.29, 0.717) is 0 Å². The van der Waals surface area contributed by atoms with E-state index in [1.165, 1.54) is 6.08 Å². The highest BCUT2D eigenvalue weighted by Gasteiger charge is 2.09. The number of carbonyl (C=O) groups excluding carboxylic acids is 1. The minimum absolute atomic E-state index is 0.218. The zero-order valence-corrected chi connectivity index (χ0v) is 9.84. The number of hydrogen-bond donors (Lipinski definition) is 3. The average molecular weight is 234 g/mol. The first-order valence-corrected chi connectivity index (χ1v) is 5.54. The summed E-state index contributed by atoms with van der Waals surface area (Å²) in [5.41, 5.74) is 6.54. The molecule has 4 nitrogen and oxygen atoms in total. The number of aliphatic hydroxyl groups excluding tert-OH is 1. The Morgan fingerprint density at radius 2 is 2.12 bits per heavy atom. The van der Waals surface area contributed by atoms with E-state index >= 15 is 0 Å². The predicted molar refractivity (Wildman–Crippen MR) is 68.1 cm³/mol. The lowest BCUT2D eigenvalue weighted by atomic mass is 10.2. The largest absolute Gasteiger partial charge is 0.392 e. The molecule has 1 amide bonds. The van der Waals surface area contributed by atoms with Crippen LogP contribution in [0.1, 0.15) is 12.5 Å². The molecule has 0 radical (unpaired) electrons. The lowest BCUT2D eigenvalue weighted by Crippen LogP contribution is -2.43. The number of hydrogen-bond acceptors (Lipinski definition) is 3. The summed E-state index contributed by atoms with van der Waals surface area (Å²) >= 11 is 0. The van der Waals surface area contributed by atoms with E-state index in [9.17, 15) is 4.79 Å². The number of carbonyl (C=O) groups is 1. The van der Waals surface area contributed by atoms with E-state index in [1.54, 1.807) is 13.0 Å². The number of aliphatic hydroxyl groups is 1. The molecule has 2 unspecified atom stereocenters. The molecule has 0 heterocycles. The fraction of sp³-hybridized carbons (Fsp3) is 0.308. The summed E-state index contributed by atoms with van der Waals surface area (Å²) in [6.45, 7) is 1.85. The lowest BCUT2D eigenvalue weighted by Gasteiger charge is -2.14. The molecule has 0 aliphatic rings. The summed E-state index contributed by atoms with van der Waals surface area (Å²) in [5, 5.41) is 11.8. The molecule has 0 aromatic heterocycles. The van der Waals surface area contributed by atoms with Gasteiger partial charge in [0.2, 0.25) is 5.91 Å². The molecule has 17 heavy (non-hydrogen) atoms. The Morgan fingerprint density at radius 3 is 2.71 bits per heavy atom. The van der Waals surface area contributed by atoms with Crippen LogP contribution < -0.4 is 11.1 Å². The minimum Gasteiger partial charge on any atom is -0.392 e. The van der Waals surface area contributed by atoms with Crippen molar-refractivity contribution in [3.63, 3.8) is 0 Å². The van der Waals surface area contributed by atoms with Gasteiger partial charge in [-0.1, -0.05) is 30.3 Å². The molecule has 2 atom stereocenters. The summed E-state index contributed by atoms with van der Waals surface area (Å²) in [7, 11) is 0. The van der Waals surface area contributed by atoms with E-state index in [1.807, 2.05) is 30.3 Å². The summed E-state index contributed by atoms with van der Waals surface area (Å²) in [5.74, 6) is -0.218. The molecule has 0 aliphatic carbocycles. The molecule has 92 valence electrons. The normalized spacial score (nSPS) is 14.5. The topological polar surface area (TPSA) is 75.3 Å². The monoisotopic (exact) mass is 234 g/mol. The van der Waals surface area contributed by atoms with E-state index in [2.05, 4.69) is 5.32 Å². The van der Waals surface area contributed by atoms with Crippen LogP contribution in [0.3, 0.4) is 0 Å². The van der Waals surface area contributed by atoms with Gasteiger partial charge in [-0.25, -0.2) is 0 Å². The first-order chi connectivity index (χ1) is 8.09. The highest BCUT2D eigenvalue weighted by Crippen LogP contribution is 2.00. The average Bonchev–Trinajstić information content (AvgIpc) is 2.34. The number of amides is 1. The van der Waals surface area contributed by atoms with Crippen LogP contribution in [-0.4, -0.2) is 29.7 Å². The molecule has 1 aromatic rings. The van der Waals surface area contributed by atoms with E-state index in [0.717, 1.165) is 5.56 Å². The van der Waals surface area contributed by atoms with Crippen LogP contribution in [0.2, 0.25) is 0 Å². The van der Waals surface area contributed by atoms with Crippen molar-refractivity contribution in [3.05, 3.63) is 42.0 Å². The van der Waals surface area contributed by atoms with Crippen LogP contribution in [0.15, 0.2) is 36.4 Å². The van der Waals surface area contributed by atoms with Crippen molar-refractivity contribution in [3.8, 4) is 0 Å². The Bertz CT molecular complexity index is 374. The maximum absolute atomic E-state index is 11.4. The van der Waals surface area contributed by atoms with Crippen LogP contribution in [0.25, 0.3) is 6.08 Å². The molecule has 4 heteroatoms. The van der Waals surface area contributed by atoms with Gasteiger partial charge in [0.05, 0.1) is 6.10 Å². The second kappa shape index (κ2) is 6.83. The van der Waals surface area contributed by atoms with Crippen molar-refractivity contribution >= 4 is 12.0 Å². The zero-order valence-electron chi connectivity index (χ0n) is 9.84. The molecule has 0 saturated heterocycles. The molecule has 1 aromatic carbocycles. The van der Waals surface area contributed by atoms with Crippen molar-refractivity contribution in [2.45, 2.75) is 19.1 Å². The van der Waals surface area contributed by atoms with Crippen LogP contribution >= 0.6 is 0 Å². The Morgan fingerprint density at radius 1 is 1.47 bits per heavy atom. The molecular weight excluding hydrogens is 216 g/mol.